The Kier molecular flexibility index (Phi) is 6.13. The Hall–Kier alpha value is -3.58. The van der Waals surface area contributed by atoms with Crippen molar-refractivity contribution in [3.8, 4) is 0 Å². The Morgan fingerprint density at radius 3 is 2.67 bits per heavy atom. The quantitative estimate of drug-likeness (QED) is 0.474. The van der Waals surface area contributed by atoms with E-state index in [1.807, 2.05) is 53.2 Å². The predicted molar refractivity (Wildman–Crippen MR) is 126 cm³/mol. The molecule has 0 atom stereocenters. The predicted octanol–water partition coefficient (Wildman–Crippen LogP) is 4.59. The Bertz CT molecular complexity index is 1250. The maximum Gasteiger partial charge on any atom is 0.229 e. The van der Waals surface area contributed by atoms with Crippen molar-refractivity contribution < 1.29 is 9.18 Å². The van der Waals surface area contributed by atoms with E-state index in [0.717, 1.165) is 60.5 Å². The van der Waals surface area contributed by atoms with Gasteiger partial charge in [0.1, 0.15) is 11.6 Å². The van der Waals surface area contributed by atoms with Gasteiger partial charge in [-0.3, -0.25) is 14.7 Å². The second-order valence-corrected chi connectivity index (χ2v) is 8.52. The zero-order valence-corrected chi connectivity index (χ0v) is 18.3. The van der Waals surface area contributed by atoms with Gasteiger partial charge in [-0.05, 0) is 42.7 Å². The van der Waals surface area contributed by atoms with Crippen LogP contribution in [0.5, 0.6) is 0 Å². The molecule has 0 aliphatic carbocycles. The number of amides is 1. The van der Waals surface area contributed by atoms with Crippen molar-refractivity contribution in [3.05, 3.63) is 90.0 Å². The van der Waals surface area contributed by atoms with Gasteiger partial charge in [-0.15, -0.1) is 0 Å². The summed E-state index contributed by atoms with van der Waals surface area (Å²) in [6.45, 7) is 2.61. The van der Waals surface area contributed by atoms with Gasteiger partial charge in [0.15, 0.2) is 0 Å². The van der Waals surface area contributed by atoms with Crippen molar-refractivity contribution in [3.63, 3.8) is 0 Å². The summed E-state index contributed by atoms with van der Waals surface area (Å²) < 4.78 is 15.3. The average Bonchev–Trinajstić information content (AvgIpc) is 3.28. The van der Waals surface area contributed by atoms with Gasteiger partial charge in [0.2, 0.25) is 5.91 Å². The SMILES string of the molecule is O=C(Cc1ccccc1)Nc1ccnn1C1CCN(Cc2ccc3cc(F)ccc3n2)CC1. The van der Waals surface area contributed by atoms with Crippen LogP contribution in [0.15, 0.2) is 72.9 Å². The summed E-state index contributed by atoms with van der Waals surface area (Å²) in [4.78, 5) is 19.6. The fraction of sp³-hybridized carbons (Fsp3) is 0.269. The number of aromatic nitrogens is 3. The number of rotatable bonds is 6. The van der Waals surface area contributed by atoms with Gasteiger partial charge in [-0.1, -0.05) is 36.4 Å². The van der Waals surface area contributed by atoms with E-state index in [0.29, 0.717) is 6.42 Å². The molecule has 0 saturated carbocycles. The Morgan fingerprint density at radius 2 is 1.85 bits per heavy atom. The van der Waals surface area contributed by atoms with Gasteiger partial charge in [0.25, 0.3) is 0 Å². The van der Waals surface area contributed by atoms with Crippen LogP contribution in [0.2, 0.25) is 0 Å². The molecule has 1 fully saturated rings. The topological polar surface area (TPSA) is 63.1 Å². The zero-order chi connectivity index (χ0) is 22.6. The molecule has 2 aromatic carbocycles. The number of fused-ring (bicyclic) bond motifs is 1. The first kappa shape index (κ1) is 21.3. The molecule has 6 nitrogen and oxygen atoms in total. The van der Waals surface area contributed by atoms with Crippen LogP contribution in [0, 0.1) is 5.82 Å². The van der Waals surface area contributed by atoms with Crippen LogP contribution in [-0.4, -0.2) is 38.7 Å². The van der Waals surface area contributed by atoms with E-state index in [1.165, 1.54) is 12.1 Å². The minimum Gasteiger partial charge on any atom is -0.311 e. The molecule has 4 aromatic rings. The van der Waals surface area contributed by atoms with Gasteiger partial charge in [-0.25, -0.2) is 9.07 Å². The first-order valence-electron chi connectivity index (χ1n) is 11.3. The van der Waals surface area contributed by atoms with E-state index in [9.17, 15) is 9.18 Å². The van der Waals surface area contributed by atoms with E-state index in [-0.39, 0.29) is 17.8 Å². The lowest BCUT2D eigenvalue weighted by molar-refractivity contribution is -0.115. The molecule has 0 radical (unpaired) electrons. The summed E-state index contributed by atoms with van der Waals surface area (Å²) in [6, 6.07) is 20.4. The summed E-state index contributed by atoms with van der Waals surface area (Å²) in [5.41, 5.74) is 2.79. The number of halogens is 1. The summed E-state index contributed by atoms with van der Waals surface area (Å²) in [7, 11) is 0. The van der Waals surface area contributed by atoms with Crippen LogP contribution in [-0.2, 0) is 17.8 Å². The van der Waals surface area contributed by atoms with Crippen molar-refractivity contribution in [2.24, 2.45) is 0 Å². The fourth-order valence-corrected chi connectivity index (χ4v) is 4.45. The highest BCUT2D eigenvalue weighted by Crippen LogP contribution is 2.26. The molecule has 168 valence electrons. The second-order valence-electron chi connectivity index (χ2n) is 8.52. The molecule has 7 heteroatoms. The first-order valence-corrected chi connectivity index (χ1v) is 11.3. The van der Waals surface area contributed by atoms with E-state index in [1.54, 1.807) is 12.3 Å². The van der Waals surface area contributed by atoms with Gasteiger partial charge in [0.05, 0.1) is 29.9 Å². The smallest absolute Gasteiger partial charge is 0.229 e. The molecule has 1 aliphatic rings. The van der Waals surface area contributed by atoms with Crippen LogP contribution in [0.4, 0.5) is 10.2 Å². The molecule has 3 heterocycles. The van der Waals surface area contributed by atoms with Crippen molar-refractivity contribution in [2.75, 3.05) is 18.4 Å². The normalized spacial score (nSPS) is 15.1. The minimum absolute atomic E-state index is 0.0392. The van der Waals surface area contributed by atoms with Gasteiger partial charge >= 0.3 is 0 Å². The number of nitrogens with zero attached hydrogens (tertiary/aromatic N) is 4. The number of pyridine rings is 1. The molecule has 0 spiro atoms. The molecule has 1 aliphatic heterocycles. The number of nitrogens with one attached hydrogen (secondary N) is 1. The minimum atomic E-state index is -0.242. The average molecular weight is 444 g/mol. The molecule has 0 unspecified atom stereocenters. The summed E-state index contributed by atoms with van der Waals surface area (Å²) >= 11 is 0. The number of benzene rings is 2. The van der Waals surface area contributed by atoms with Crippen molar-refractivity contribution in [2.45, 2.75) is 31.8 Å². The molecule has 5 rings (SSSR count). The zero-order valence-electron chi connectivity index (χ0n) is 18.3. The van der Waals surface area contributed by atoms with Crippen LogP contribution in [0.3, 0.4) is 0 Å². The van der Waals surface area contributed by atoms with Gasteiger partial charge < -0.3 is 5.32 Å². The molecule has 1 amide bonds. The number of anilines is 1. The third kappa shape index (κ3) is 5.09. The van der Waals surface area contributed by atoms with Crippen molar-refractivity contribution in [1.82, 2.24) is 19.7 Å². The third-order valence-corrected chi connectivity index (χ3v) is 6.14. The summed E-state index contributed by atoms with van der Waals surface area (Å²) in [5, 5.41) is 8.33. The lowest BCUT2D eigenvalue weighted by Crippen LogP contribution is -2.35. The van der Waals surface area contributed by atoms with E-state index < -0.39 is 0 Å². The highest BCUT2D eigenvalue weighted by molar-refractivity contribution is 5.91. The molecule has 1 N–H and O–H groups in total. The molecule has 1 saturated heterocycles. The highest BCUT2D eigenvalue weighted by atomic mass is 19.1. The first-order chi connectivity index (χ1) is 16.1. The maximum atomic E-state index is 13.4. The standard InChI is InChI=1S/C26H26FN5O/c27-21-7-9-24-20(17-21)6-8-22(29-24)18-31-14-11-23(12-15-31)32-25(10-13-28-32)30-26(33)16-19-4-2-1-3-5-19/h1-10,13,17,23H,11-12,14-16,18H2,(H,30,33). The van der Waals surface area contributed by atoms with Gasteiger partial charge in [0, 0.05) is 31.1 Å². The summed E-state index contributed by atoms with van der Waals surface area (Å²) in [5.74, 6) is 0.467. The molecule has 2 aromatic heterocycles. The van der Waals surface area contributed by atoms with Crippen LogP contribution in [0.25, 0.3) is 10.9 Å². The molecule has 33 heavy (non-hydrogen) atoms. The fourth-order valence-electron chi connectivity index (χ4n) is 4.45. The number of carbonyl (C=O) groups excluding carboxylic acids is 1. The van der Waals surface area contributed by atoms with Gasteiger partial charge in [-0.2, -0.15) is 5.10 Å². The number of likely N-dealkylation sites (tertiary alicyclic amines) is 1. The number of hydrogen-bond acceptors (Lipinski definition) is 4. The lowest BCUT2D eigenvalue weighted by Gasteiger charge is -2.32. The number of piperidine rings is 1. The molecular formula is C26H26FN5O. The van der Waals surface area contributed by atoms with Crippen molar-refractivity contribution in [1.29, 1.82) is 0 Å². The van der Waals surface area contributed by atoms with Crippen LogP contribution < -0.4 is 5.32 Å². The Morgan fingerprint density at radius 1 is 1.03 bits per heavy atom. The van der Waals surface area contributed by atoms with E-state index in [4.69, 9.17) is 0 Å². The van der Waals surface area contributed by atoms with Crippen LogP contribution >= 0.6 is 0 Å². The van der Waals surface area contributed by atoms with Crippen LogP contribution in [0.1, 0.15) is 30.1 Å². The Balaban J connectivity index is 1.17. The Labute approximate surface area is 192 Å². The number of hydrogen-bond donors (Lipinski definition) is 1. The maximum absolute atomic E-state index is 13.4. The lowest BCUT2D eigenvalue weighted by atomic mass is 10.0. The largest absolute Gasteiger partial charge is 0.311 e. The summed E-state index contributed by atoms with van der Waals surface area (Å²) in [6.07, 6.45) is 3.98. The number of carbonyl (C=O) groups is 1. The highest BCUT2D eigenvalue weighted by Gasteiger charge is 2.23. The third-order valence-electron chi connectivity index (χ3n) is 6.14. The van der Waals surface area contributed by atoms with E-state index >= 15 is 0 Å². The van der Waals surface area contributed by atoms with E-state index in [2.05, 4.69) is 20.3 Å². The monoisotopic (exact) mass is 443 g/mol. The molecule has 0 bridgehead atoms. The molecular weight excluding hydrogens is 417 g/mol. The second kappa shape index (κ2) is 9.50. The van der Waals surface area contributed by atoms with Crippen molar-refractivity contribution >= 4 is 22.6 Å².